The van der Waals surface area contributed by atoms with Crippen LogP contribution in [0.5, 0.6) is 5.75 Å². The Morgan fingerprint density at radius 2 is 2.06 bits per heavy atom. The van der Waals surface area contributed by atoms with Crippen LogP contribution in [0.4, 0.5) is 4.39 Å². The third-order valence-electron chi connectivity index (χ3n) is 2.21. The first-order valence-electron chi connectivity index (χ1n) is 5.25. The molecule has 4 heteroatoms. The van der Waals surface area contributed by atoms with Gasteiger partial charge in [0.2, 0.25) is 0 Å². The van der Waals surface area contributed by atoms with Crippen molar-refractivity contribution < 1.29 is 13.9 Å². The predicted octanol–water partition coefficient (Wildman–Crippen LogP) is 2.26. The maximum Gasteiger partial charge on any atom is 0.165 e. The summed E-state index contributed by atoms with van der Waals surface area (Å²) in [6, 6.07) is 4.59. The Hall–Kier alpha value is -1.13. The number of methoxy groups -OCH3 is 1. The number of hydrogen-bond acceptors (Lipinski definition) is 3. The SMILES string of the molecule is COCC(C)Oc1ccc(C(C)N)cc1F. The number of ether oxygens (including phenoxy) is 2. The quantitative estimate of drug-likeness (QED) is 0.839. The molecule has 0 amide bonds. The number of halogens is 1. The molecule has 90 valence electrons. The summed E-state index contributed by atoms with van der Waals surface area (Å²) < 4.78 is 23.9. The molecule has 0 heterocycles. The smallest absolute Gasteiger partial charge is 0.165 e. The van der Waals surface area contributed by atoms with Crippen molar-refractivity contribution in [1.82, 2.24) is 0 Å². The minimum atomic E-state index is -0.391. The van der Waals surface area contributed by atoms with E-state index in [4.69, 9.17) is 15.2 Å². The maximum absolute atomic E-state index is 13.6. The first-order chi connectivity index (χ1) is 7.54. The molecule has 2 unspecified atom stereocenters. The Labute approximate surface area is 95.4 Å². The summed E-state index contributed by atoms with van der Waals surface area (Å²) >= 11 is 0. The summed E-state index contributed by atoms with van der Waals surface area (Å²) in [7, 11) is 1.58. The van der Waals surface area contributed by atoms with Gasteiger partial charge in [0.25, 0.3) is 0 Å². The fourth-order valence-electron chi connectivity index (χ4n) is 1.38. The second kappa shape index (κ2) is 5.82. The number of hydrogen-bond donors (Lipinski definition) is 1. The Morgan fingerprint density at radius 3 is 2.56 bits per heavy atom. The molecule has 0 aliphatic carbocycles. The largest absolute Gasteiger partial charge is 0.485 e. The fourth-order valence-corrected chi connectivity index (χ4v) is 1.38. The van der Waals surface area contributed by atoms with Gasteiger partial charge in [-0.05, 0) is 31.5 Å². The van der Waals surface area contributed by atoms with Crippen molar-refractivity contribution in [1.29, 1.82) is 0 Å². The predicted molar refractivity (Wildman–Crippen MR) is 61.0 cm³/mol. The summed E-state index contributed by atoms with van der Waals surface area (Å²) in [6.07, 6.45) is -0.180. The van der Waals surface area contributed by atoms with E-state index in [2.05, 4.69) is 0 Å². The number of rotatable bonds is 5. The zero-order valence-electron chi connectivity index (χ0n) is 9.87. The van der Waals surface area contributed by atoms with Gasteiger partial charge in [-0.15, -0.1) is 0 Å². The third kappa shape index (κ3) is 3.47. The van der Waals surface area contributed by atoms with E-state index in [1.807, 2.05) is 13.8 Å². The molecule has 0 saturated heterocycles. The topological polar surface area (TPSA) is 44.5 Å². The zero-order chi connectivity index (χ0) is 12.1. The van der Waals surface area contributed by atoms with Crippen LogP contribution in [0, 0.1) is 5.82 Å². The Morgan fingerprint density at radius 1 is 1.38 bits per heavy atom. The molecule has 0 saturated carbocycles. The molecule has 0 fully saturated rings. The van der Waals surface area contributed by atoms with Crippen molar-refractivity contribution in [3.63, 3.8) is 0 Å². The fraction of sp³-hybridized carbons (Fsp3) is 0.500. The molecular weight excluding hydrogens is 209 g/mol. The van der Waals surface area contributed by atoms with E-state index in [0.29, 0.717) is 6.61 Å². The lowest BCUT2D eigenvalue weighted by molar-refractivity contribution is 0.0892. The highest BCUT2D eigenvalue weighted by atomic mass is 19.1. The standard InChI is InChI=1S/C12H18FNO2/c1-8(7-15-3)16-12-5-4-10(9(2)14)6-11(12)13/h4-6,8-9H,7,14H2,1-3H3. The van der Waals surface area contributed by atoms with Crippen molar-refractivity contribution in [2.75, 3.05) is 13.7 Å². The highest BCUT2D eigenvalue weighted by Gasteiger charge is 2.10. The molecule has 0 aliphatic heterocycles. The van der Waals surface area contributed by atoms with Gasteiger partial charge < -0.3 is 15.2 Å². The lowest BCUT2D eigenvalue weighted by atomic mass is 10.1. The molecule has 2 atom stereocenters. The summed E-state index contributed by atoms with van der Waals surface area (Å²) in [5.74, 6) is -0.160. The summed E-state index contributed by atoms with van der Waals surface area (Å²) in [4.78, 5) is 0. The van der Waals surface area contributed by atoms with Gasteiger partial charge in [0.15, 0.2) is 11.6 Å². The van der Waals surface area contributed by atoms with Crippen LogP contribution in [0.3, 0.4) is 0 Å². The molecule has 3 nitrogen and oxygen atoms in total. The lowest BCUT2D eigenvalue weighted by Gasteiger charge is -2.15. The summed E-state index contributed by atoms with van der Waals surface area (Å²) in [5, 5.41) is 0. The molecule has 0 aromatic heterocycles. The Kier molecular flexibility index (Phi) is 4.71. The van der Waals surface area contributed by atoms with E-state index in [1.54, 1.807) is 19.2 Å². The third-order valence-corrected chi connectivity index (χ3v) is 2.21. The van der Waals surface area contributed by atoms with Gasteiger partial charge in [-0.25, -0.2) is 4.39 Å². The van der Waals surface area contributed by atoms with E-state index in [1.165, 1.54) is 6.07 Å². The lowest BCUT2D eigenvalue weighted by Crippen LogP contribution is -2.18. The number of nitrogens with two attached hydrogens (primary N) is 1. The van der Waals surface area contributed by atoms with Crippen molar-refractivity contribution >= 4 is 0 Å². The van der Waals surface area contributed by atoms with Crippen molar-refractivity contribution in [3.05, 3.63) is 29.6 Å². The van der Waals surface area contributed by atoms with Gasteiger partial charge in [0.1, 0.15) is 6.10 Å². The van der Waals surface area contributed by atoms with Crippen LogP contribution in [0.1, 0.15) is 25.5 Å². The summed E-state index contributed by atoms with van der Waals surface area (Å²) in [5.41, 5.74) is 6.41. The van der Waals surface area contributed by atoms with Crippen LogP contribution in [0.15, 0.2) is 18.2 Å². The molecule has 1 aromatic carbocycles. The van der Waals surface area contributed by atoms with Crippen LogP contribution < -0.4 is 10.5 Å². The first-order valence-corrected chi connectivity index (χ1v) is 5.25. The second-order valence-electron chi connectivity index (χ2n) is 3.86. The maximum atomic E-state index is 13.6. The highest BCUT2D eigenvalue weighted by molar-refractivity contribution is 5.30. The average Bonchev–Trinajstić information content (AvgIpc) is 2.21. The molecule has 0 radical (unpaired) electrons. The second-order valence-corrected chi connectivity index (χ2v) is 3.86. The molecule has 2 N–H and O–H groups in total. The molecule has 0 bridgehead atoms. The molecule has 0 aliphatic rings. The molecular formula is C12H18FNO2. The van der Waals surface area contributed by atoms with Crippen LogP contribution >= 0.6 is 0 Å². The number of benzene rings is 1. The first kappa shape index (κ1) is 12.9. The van der Waals surface area contributed by atoms with E-state index in [9.17, 15) is 4.39 Å². The highest BCUT2D eigenvalue weighted by Crippen LogP contribution is 2.22. The van der Waals surface area contributed by atoms with Crippen LogP contribution in [0.25, 0.3) is 0 Å². The Balaban J connectivity index is 2.75. The van der Waals surface area contributed by atoms with E-state index in [-0.39, 0.29) is 17.9 Å². The van der Waals surface area contributed by atoms with Gasteiger partial charge in [0.05, 0.1) is 6.61 Å². The van der Waals surface area contributed by atoms with Crippen LogP contribution in [-0.2, 0) is 4.74 Å². The van der Waals surface area contributed by atoms with E-state index in [0.717, 1.165) is 5.56 Å². The van der Waals surface area contributed by atoms with Gasteiger partial charge >= 0.3 is 0 Å². The zero-order valence-corrected chi connectivity index (χ0v) is 9.87. The molecule has 1 aromatic rings. The monoisotopic (exact) mass is 227 g/mol. The normalized spacial score (nSPS) is 14.6. The minimum absolute atomic E-state index is 0.180. The molecule has 1 rings (SSSR count). The van der Waals surface area contributed by atoms with Crippen molar-refractivity contribution in [2.24, 2.45) is 5.73 Å². The van der Waals surface area contributed by atoms with Crippen LogP contribution in [-0.4, -0.2) is 19.8 Å². The van der Waals surface area contributed by atoms with Crippen molar-refractivity contribution in [3.8, 4) is 5.75 Å². The minimum Gasteiger partial charge on any atom is -0.485 e. The molecule has 16 heavy (non-hydrogen) atoms. The summed E-state index contributed by atoms with van der Waals surface area (Å²) in [6.45, 7) is 4.06. The van der Waals surface area contributed by atoms with Crippen LogP contribution in [0.2, 0.25) is 0 Å². The van der Waals surface area contributed by atoms with Gasteiger partial charge in [-0.2, -0.15) is 0 Å². The van der Waals surface area contributed by atoms with Gasteiger partial charge in [0, 0.05) is 13.2 Å². The van der Waals surface area contributed by atoms with Gasteiger partial charge in [-0.1, -0.05) is 6.07 Å². The van der Waals surface area contributed by atoms with Gasteiger partial charge in [-0.3, -0.25) is 0 Å². The van der Waals surface area contributed by atoms with E-state index < -0.39 is 5.82 Å². The average molecular weight is 227 g/mol. The molecule has 0 spiro atoms. The Bertz CT molecular complexity index is 342. The van der Waals surface area contributed by atoms with E-state index >= 15 is 0 Å². The van der Waals surface area contributed by atoms with Crippen molar-refractivity contribution in [2.45, 2.75) is 26.0 Å².